The Hall–Kier alpha value is -4.51. The molecule has 162 valence electrons. The largest absolute Gasteiger partial charge is 0.340 e. The summed E-state index contributed by atoms with van der Waals surface area (Å²) in [5.74, 6) is -0.766. The molecule has 5 heteroatoms. The van der Waals surface area contributed by atoms with E-state index < -0.39 is 5.91 Å². The Morgan fingerprint density at radius 1 is 0.727 bits per heavy atom. The Balaban J connectivity index is 1.66. The molecule has 4 rings (SSSR count). The zero-order valence-corrected chi connectivity index (χ0v) is 17.9. The SMILES string of the molecule is O=C(NC(c1ccccc1)c1ccccc1)C(=Cc1cccnc1)NC(=O)c1ccccc1. The third kappa shape index (κ3) is 5.80. The first kappa shape index (κ1) is 21.7. The van der Waals surface area contributed by atoms with Crippen molar-refractivity contribution in [2.75, 3.05) is 0 Å². The number of hydrogen-bond donors (Lipinski definition) is 2. The van der Waals surface area contributed by atoms with Crippen molar-refractivity contribution in [1.29, 1.82) is 0 Å². The molecule has 4 aromatic rings. The Kier molecular flexibility index (Phi) is 7.03. The van der Waals surface area contributed by atoms with E-state index in [9.17, 15) is 9.59 Å². The molecule has 0 saturated heterocycles. The van der Waals surface area contributed by atoms with Gasteiger partial charge in [-0.1, -0.05) is 84.9 Å². The number of benzene rings is 3. The molecule has 0 spiro atoms. The molecule has 0 saturated carbocycles. The molecule has 0 atom stereocenters. The van der Waals surface area contributed by atoms with Gasteiger partial charge in [-0.15, -0.1) is 0 Å². The van der Waals surface area contributed by atoms with Crippen molar-refractivity contribution in [2.45, 2.75) is 6.04 Å². The van der Waals surface area contributed by atoms with E-state index in [-0.39, 0.29) is 17.6 Å². The second-order valence-corrected chi connectivity index (χ2v) is 7.39. The van der Waals surface area contributed by atoms with Crippen LogP contribution in [0.15, 0.2) is 121 Å². The predicted molar refractivity (Wildman–Crippen MR) is 129 cm³/mol. The van der Waals surface area contributed by atoms with Crippen LogP contribution in [0.2, 0.25) is 0 Å². The molecule has 0 aliphatic rings. The maximum Gasteiger partial charge on any atom is 0.268 e. The molecule has 0 bridgehead atoms. The third-order valence-corrected chi connectivity index (χ3v) is 5.07. The summed E-state index contributed by atoms with van der Waals surface area (Å²) in [6, 6.07) is 31.4. The number of carbonyl (C=O) groups is 2. The fourth-order valence-corrected chi connectivity index (χ4v) is 3.43. The topological polar surface area (TPSA) is 71.1 Å². The lowest BCUT2D eigenvalue weighted by molar-refractivity contribution is -0.118. The molecule has 0 radical (unpaired) electrons. The van der Waals surface area contributed by atoms with Crippen molar-refractivity contribution in [3.63, 3.8) is 0 Å². The molecule has 2 amide bonds. The van der Waals surface area contributed by atoms with E-state index in [1.807, 2.05) is 72.8 Å². The van der Waals surface area contributed by atoms with Gasteiger partial charge in [0.05, 0.1) is 6.04 Å². The number of amides is 2. The van der Waals surface area contributed by atoms with Crippen LogP contribution >= 0.6 is 0 Å². The van der Waals surface area contributed by atoms with E-state index in [4.69, 9.17) is 0 Å². The highest BCUT2D eigenvalue weighted by atomic mass is 16.2. The molecule has 0 aliphatic heterocycles. The van der Waals surface area contributed by atoms with Crippen LogP contribution < -0.4 is 10.6 Å². The summed E-state index contributed by atoms with van der Waals surface area (Å²) in [6.45, 7) is 0. The van der Waals surface area contributed by atoms with E-state index in [2.05, 4.69) is 15.6 Å². The van der Waals surface area contributed by atoms with E-state index in [0.717, 1.165) is 11.1 Å². The summed E-state index contributed by atoms with van der Waals surface area (Å²) in [5, 5.41) is 5.86. The highest BCUT2D eigenvalue weighted by Crippen LogP contribution is 2.22. The first-order valence-electron chi connectivity index (χ1n) is 10.6. The minimum absolute atomic E-state index is 0.133. The molecule has 33 heavy (non-hydrogen) atoms. The molecular weight excluding hydrogens is 410 g/mol. The normalized spacial score (nSPS) is 11.1. The fourth-order valence-electron chi connectivity index (χ4n) is 3.43. The monoisotopic (exact) mass is 433 g/mol. The molecule has 0 fully saturated rings. The van der Waals surface area contributed by atoms with Gasteiger partial charge in [0.2, 0.25) is 0 Å². The number of nitrogens with zero attached hydrogens (tertiary/aromatic N) is 1. The van der Waals surface area contributed by atoms with E-state index >= 15 is 0 Å². The highest BCUT2D eigenvalue weighted by molar-refractivity contribution is 6.05. The van der Waals surface area contributed by atoms with Gasteiger partial charge >= 0.3 is 0 Å². The van der Waals surface area contributed by atoms with Gasteiger partial charge in [0.1, 0.15) is 5.70 Å². The standard InChI is InChI=1S/C28H23N3O2/c32-27(24-16-8-3-9-17-24)30-25(19-21-11-10-18-29-20-21)28(33)31-26(22-12-4-1-5-13-22)23-14-6-2-7-15-23/h1-20,26H,(H,30,32)(H,31,33). The molecule has 0 aliphatic carbocycles. The summed E-state index contributed by atoms with van der Waals surface area (Å²) in [7, 11) is 0. The van der Waals surface area contributed by atoms with E-state index in [1.165, 1.54) is 0 Å². The van der Waals surface area contributed by atoms with Gasteiger partial charge in [-0.2, -0.15) is 0 Å². The molecule has 2 N–H and O–H groups in total. The Bertz CT molecular complexity index is 1190. The van der Waals surface area contributed by atoms with Gasteiger partial charge in [-0.3, -0.25) is 14.6 Å². The van der Waals surface area contributed by atoms with Crippen LogP contribution in [0.4, 0.5) is 0 Å². The van der Waals surface area contributed by atoms with Crippen LogP contribution in [0.5, 0.6) is 0 Å². The summed E-state index contributed by atoms with van der Waals surface area (Å²) in [4.78, 5) is 30.4. The average molecular weight is 434 g/mol. The van der Waals surface area contributed by atoms with Crippen molar-refractivity contribution in [3.05, 3.63) is 143 Å². The smallest absolute Gasteiger partial charge is 0.268 e. The Morgan fingerprint density at radius 3 is 1.85 bits per heavy atom. The third-order valence-electron chi connectivity index (χ3n) is 5.07. The average Bonchev–Trinajstić information content (AvgIpc) is 2.89. The lowest BCUT2D eigenvalue weighted by Gasteiger charge is -2.21. The molecule has 5 nitrogen and oxygen atoms in total. The number of pyridine rings is 1. The minimum Gasteiger partial charge on any atom is -0.340 e. The van der Waals surface area contributed by atoms with Crippen molar-refractivity contribution in [2.24, 2.45) is 0 Å². The van der Waals surface area contributed by atoms with Gasteiger partial charge in [0, 0.05) is 18.0 Å². The first-order chi connectivity index (χ1) is 16.2. The number of nitrogens with one attached hydrogen (secondary N) is 2. The minimum atomic E-state index is -0.402. The van der Waals surface area contributed by atoms with Gasteiger partial charge < -0.3 is 10.6 Å². The maximum atomic E-state index is 13.5. The second kappa shape index (κ2) is 10.7. The quantitative estimate of drug-likeness (QED) is 0.413. The Labute approximate surface area is 192 Å². The van der Waals surface area contributed by atoms with E-state index in [1.54, 1.807) is 48.8 Å². The Morgan fingerprint density at radius 2 is 1.30 bits per heavy atom. The summed E-state index contributed by atoms with van der Waals surface area (Å²) in [6.07, 6.45) is 4.91. The van der Waals surface area contributed by atoms with Gasteiger partial charge in [-0.25, -0.2) is 0 Å². The van der Waals surface area contributed by atoms with Crippen molar-refractivity contribution in [3.8, 4) is 0 Å². The molecule has 3 aromatic carbocycles. The van der Waals surface area contributed by atoms with Crippen LogP contribution in [-0.4, -0.2) is 16.8 Å². The van der Waals surface area contributed by atoms with Crippen molar-refractivity contribution < 1.29 is 9.59 Å². The van der Waals surface area contributed by atoms with Crippen LogP contribution in [0.1, 0.15) is 33.1 Å². The summed E-state index contributed by atoms with van der Waals surface area (Å²) in [5.41, 5.74) is 3.17. The maximum absolute atomic E-state index is 13.5. The summed E-state index contributed by atoms with van der Waals surface area (Å²) >= 11 is 0. The van der Waals surface area contributed by atoms with Crippen LogP contribution in [0.25, 0.3) is 6.08 Å². The number of rotatable bonds is 7. The lowest BCUT2D eigenvalue weighted by atomic mass is 9.98. The highest BCUT2D eigenvalue weighted by Gasteiger charge is 2.21. The number of aromatic nitrogens is 1. The second-order valence-electron chi connectivity index (χ2n) is 7.39. The van der Waals surface area contributed by atoms with Crippen molar-refractivity contribution in [1.82, 2.24) is 15.6 Å². The summed E-state index contributed by atoms with van der Waals surface area (Å²) < 4.78 is 0. The zero-order valence-electron chi connectivity index (χ0n) is 17.9. The van der Waals surface area contributed by atoms with Crippen molar-refractivity contribution >= 4 is 17.9 Å². The van der Waals surface area contributed by atoms with Gasteiger partial charge in [-0.05, 0) is 41.0 Å². The van der Waals surface area contributed by atoms with Crippen LogP contribution in [-0.2, 0) is 4.79 Å². The molecular formula is C28H23N3O2. The predicted octanol–water partition coefficient (Wildman–Crippen LogP) is 4.76. The fraction of sp³-hybridized carbons (Fsp3) is 0.0357. The van der Waals surface area contributed by atoms with Gasteiger partial charge in [0.15, 0.2) is 0 Å². The van der Waals surface area contributed by atoms with Crippen LogP contribution in [0.3, 0.4) is 0 Å². The van der Waals surface area contributed by atoms with Gasteiger partial charge in [0.25, 0.3) is 11.8 Å². The molecule has 1 heterocycles. The lowest BCUT2D eigenvalue weighted by Crippen LogP contribution is -2.37. The van der Waals surface area contributed by atoms with E-state index in [0.29, 0.717) is 11.1 Å². The number of hydrogen-bond acceptors (Lipinski definition) is 3. The molecule has 1 aromatic heterocycles. The van der Waals surface area contributed by atoms with Crippen LogP contribution in [0, 0.1) is 0 Å². The number of carbonyl (C=O) groups excluding carboxylic acids is 2. The first-order valence-corrected chi connectivity index (χ1v) is 10.6. The zero-order chi connectivity index (χ0) is 22.9. The molecule has 0 unspecified atom stereocenters.